The van der Waals surface area contributed by atoms with E-state index in [1.165, 1.54) is 11.8 Å². The largest absolute Gasteiger partial charge is 0.497 e. The van der Waals surface area contributed by atoms with Crippen LogP contribution in [0.25, 0.3) is 0 Å². The molecule has 0 saturated carbocycles. The standard InChI is InChI=1S/C24H31N3O5S/c1-6-15(2)25-20(28)13-18-14-33-24-26-16(3)21(23(29)32-11-10-30-4)22(27(18)24)17-8-7-9-19(12-17)31-5/h7-9,12,14-15,22H,6,10-11,13H2,1-5H3,(H,25,28)/t15-,22-/m0/s1. The number of hydrogen-bond donors (Lipinski definition) is 1. The van der Waals surface area contributed by atoms with Crippen LogP contribution in [0.15, 0.2) is 51.6 Å². The van der Waals surface area contributed by atoms with Crippen LogP contribution in [0.4, 0.5) is 0 Å². The molecule has 1 aromatic carbocycles. The van der Waals surface area contributed by atoms with Gasteiger partial charge in [-0.15, -0.1) is 0 Å². The van der Waals surface area contributed by atoms with Gasteiger partial charge in [0, 0.05) is 18.8 Å². The maximum absolute atomic E-state index is 13.2. The quantitative estimate of drug-likeness (QED) is 0.409. The van der Waals surface area contributed by atoms with Crippen molar-refractivity contribution in [2.45, 2.75) is 45.7 Å². The summed E-state index contributed by atoms with van der Waals surface area (Å²) in [7, 11) is 3.15. The number of fused-ring (bicyclic) bond motifs is 1. The zero-order valence-electron chi connectivity index (χ0n) is 19.7. The number of carbonyl (C=O) groups excluding carboxylic acids is 2. The molecular weight excluding hydrogens is 442 g/mol. The number of aliphatic imine (C=N–C) groups is 1. The summed E-state index contributed by atoms with van der Waals surface area (Å²) in [5.41, 5.74) is 2.64. The average Bonchev–Trinajstić information content (AvgIpc) is 3.19. The molecule has 2 aliphatic heterocycles. The van der Waals surface area contributed by atoms with Crippen LogP contribution in [-0.2, 0) is 19.1 Å². The van der Waals surface area contributed by atoms with E-state index in [1.54, 1.807) is 21.1 Å². The minimum Gasteiger partial charge on any atom is -0.497 e. The van der Waals surface area contributed by atoms with Gasteiger partial charge in [-0.05, 0) is 43.4 Å². The molecule has 2 heterocycles. The van der Waals surface area contributed by atoms with Gasteiger partial charge in [0.15, 0.2) is 5.17 Å². The molecule has 3 rings (SSSR count). The van der Waals surface area contributed by atoms with E-state index in [2.05, 4.69) is 10.3 Å². The van der Waals surface area contributed by atoms with E-state index in [-0.39, 0.29) is 25.0 Å². The van der Waals surface area contributed by atoms with Gasteiger partial charge in [0.2, 0.25) is 5.91 Å². The summed E-state index contributed by atoms with van der Waals surface area (Å²) in [6, 6.07) is 7.15. The lowest BCUT2D eigenvalue weighted by Gasteiger charge is -2.36. The summed E-state index contributed by atoms with van der Waals surface area (Å²) in [5.74, 6) is 0.144. The maximum Gasteiger partial charge on any atom is 0.338 e. The molecule has 0 unspecified atom stereocenters. The molecule has 0 aliphatic carbocycles. The number of thioether (sulfide) groups is 1. The first-order chi connectivity index (χ1) is 15.9. The van der Waals surface area contributed by atoms with Crippen LogP contribution in [0.1, 0.15) is 45.2 Å². The number of amides is 1. The highest BCUT2D eigenvalue weighted by Crippen LogP contribution is 2.45. The first-order valence-corrected chi connectivity index (χ1v) is 11.8. The molecule has 0 bridgehead atoms. The third kappa shape index (κ3) is 5.78. The van der Waals surface area contributed by atoms with Gasteiger partial charge >= 0.3 is 5.97 Å². The number of nitrogens with one attached hydrogen (secondary N) is 1. The van der Waals surface area contributed by atoms with Crippen LogP contribution in [0.3, 0.4) is 0 Å². The molecule has 2 atom stereocenters. The molecule has 9 heteroatoms. The predicted molar refractivity (Wildman–Crippen MR) is 129 cm³/mol. The van der Waals surface area contributed by atoms with Gasteiger partial charge in [-0.2, -0.15) is 0 Å². The lowest BCUT2D eigenvalue weighted by molar-refractivity contribution is -0.141. The van der Waals surface area contributed by atoms with Gasteiger partial charge in [0.05, 0.1) is 37.4 Å². The monoisotopic (exact) mass is 473 g/mol. The second-order valence-corrected chi connectivity index (χ2v) is 8.69. The third-order valence-electron chi connectivity index (χ3n) is 5.51. The number of allylic oxidation sites excluding steroid dienone is 1. The molecule has 1 amide bonds. The molecule has 0 spiro atoms. The SMILES string of the molecule is CC[C@H](C)NC(=O)CC1=CSC2=NC(C)=C(C(=O)OCCOC)[C@H](c3cccc(OC)c3)N12. The second-order valence-electron chi connectivity index (χ2n) is 7.85. The molecule has 0 radical (unpaired) electrons. The van der Waals surface area contributed by atoms with Crippen molar-refractivity contribution < 1.29 is 23.8 Å². The van der Waals surface area contributed by atoms with Gasteiger partial charge in [-0.25, -0.2) is 9.79 Å². The summed E-state index contributed by atoms with van der Waals surface area (Å²) in [5, 5.41) is 5.66. The number of ether oxygens (including phenoxy) is 3. The fourth-order valence-corrected chi connectivity index (χ4v) is 4.61. The molecule has 0 fully saturated rings. The van der Waals surface area contributed by atoms with Gasteiger partial charge in [-0.1, -0.05) is 30.8 Å². The average molecular weight is 474 g/mol. The summed E-state index contributed by atoms with van der Waals surface area (Å²) in [6.07, 6.45) is 1.03. The van der Waals surface area contributed by atoms with E-state index >= 15 is 0 Å². The Hall–Kier alpha value is -2.78. The molecule has 1 aromatic rings. The summed E-state index contributed by atoms with van der Waals surface area (Å²) < 4.78 is 15.9. The Morgan fingerprint density at radius 3 is 2.76 bits per heavy atom. The molecule has 178 valence electrons. The molecule has 8 nitrogen and oxygen atoms in total. The van der Waals surface area contributed by atoms with Crippen LogP contribution >= 0.6 is 11.8 Å². The summed E-state index contributed by atoms with van der Waals surface area (Å²) in [6.45, 7) is 6.25. The van der Waals surface area contributed by atoms with Crippen molar-refractivity contribution in [3.8, 4) is 5.75 Å². The van der Waals surface area contributed by atoms with Gasteiger partial charge < -0.3 is 24.4 Å². The number of amidine groups is 1. The Balaban J connectivity index is 1.98. The zero-order chi connectivity index (χ0) is 24.0. The maximum atomic E-state index is 13.2. The fraction of sp³-hybridized carbons (Fsp3) is 0.458. The lowest BCUT2D eigenvalue weighted by Crippen LogP contribution is -2.39. The number of hydrogen-bond acceptors (Lipinski definition) is 8. The van der Waals surface area contributed by atoms with Crippen LogP contribution < -0.4 is 10.1 Å². The van der Waals surface area contributed by atoms with E-state index in [4.69, 9.17) is 14.2 Å². The van der Waals surface area contributed by atoms with Gasteiger partial charge in [0.25, 0.3) is 0 Å². The molecule has 0 saturated heterocycles. The Labute approximate surface area is 199 Å². The summed E-state index contributed by atoms with van der Waals surface area (Å²) in [4.78, 5) is 32.5. The highest BCUT2D eigenvalue weighted by molar-refractivity contribution is 8.16. The topological polar surface area (TPSA) is 89.5 Å². The van der Waals surface area contributed by atoms with E-state index in [1.807, 2.05) is 48.4 Å². The lowest BCUT2D eigenvalue weighted by atomic mass is 9.93. The van der Waals surface area contributed by atoms with E-state index in [0.29, 0.717) is 23.6 Å². The Morgan fingerprint density at radius 2 is 2.06 bits per heavy atom. The molecule has 33 heavy (non-hydrogen) atoms. The normalized spacial score (nSPS) is 18.3. The van der Waals surface area contributed by atoms with Crippen LogP contribution in [-0.4, -0.2) is 55.4 Å². The van der Waals surface area contributed by atoms with Crippen molar-refractivity contribution in [1.82, 2.24) is 10.2 Å². The first kappa shape index (κ1) is 24.9. The number of nitrogens with zero attached hydrogens (tertiary/aromatic N) is 2. The summed E-state index contributed by atoms with van der Waals surface area (Å²) >= 11 is 1.44. The zero-order valence-corrected chi connectivity index (χ0v) is 20.5. The minimum absolute atomic E-state index is 0.0719. The Kier molecular flexibility index (Phi) is 8.57. The molecule has 0 aromatic heterocycles. The van der Waals surface area contributed by atoms with E-state index in [9.17, 15) is 9.59 Å². The predicted octanol–water partition coefficient (Wildman–Crippen LogP) is 3.76. The Morgan fingerprint density at radius 1 is 1.27 bits per heavy atom. The van der Waals surface area contributed by atoms with Gasteiger partial charge in [-0.3, -0.25) is 4.79 Å². The van der Waals surface area contributed by atoms with E-state index < -0.39 is 12.0 Å². The fourth-order valence-electron chi connectivity index (χ4n) is 3.65. The van der Waals surface area contributed by atoms with Crippen LogP contribution in [0, 0.1) is 0 Å². The van der Waals surface area contributed by atoms with Crippen molar-refractivity contribution in [3.63, 3.8) is 0 Å². The number of carbonyl (C=O) groups is 2. The van der Waals surface area contributed by atoms with Crippen LogP contribution in [0.5, 0.6) is 5.75 Å². The highest BCUT2D eigenvalue weighted by atomic mass is 32.2. The molecule has 1 N–H and O–H groups in total. The van der Waals surface area contributed by atoms with Crippen molar-refractivity contribution in [3.05, 3.63) is 52.2 Å². The number of methoxy groups -OCH3 is 2. The van der Waals surface area contributed by atoms with Crippen molar-refractivity contribution >= 4 is 28.8 Å². The minimum atomic E-state index is -0.500. The number of rotatable bonds is 10. The van der Waals surface area contributed by atoms with Crippen molar-refractivity contribution in [2.75, 3.05) is 27.4 Å². The number of esters is 1. The Bertz CT molecular complexity index is 988. The van der Waals surface area contributed by atoms with Crippen molar-refractivity contribution in [2.24, 2.45) is 4.99 Å². The van der Waals surface area contributed by atoms with E-state index in [0.717, 1.165) is 22.8 Å². The second kappa shape index (κ2) is 11.4. The third-order valence-corrected chi connectivity index (χ3v) is 6.40. The smallest absolute Gasteiger partial charge is 0.338 e. The van der Waals surface area contributed by atoms with Crippen molar-refractivity contribution in [1.29, 1.82) is 0 Å². The van der Waals surface area contributed by atoms with Crippen LogP contribution in [0.2, 0.25) is 0 Å². The highest BCUT2D eigenvalue weighted by Gasteiger charge is 2.41. The first-order valence-electron chi connectivity index (χ1n) is 10.9. The van der Waals surface area contributed by atoms with Gasteiger partial charge in [0.1, 0.15) is 12.4 Å². The molecule has 2 aliphatic rings. The molecular formula is C24H31N3O5S. The number of benzene rings is 1.